The van der Waals surface area contributed by atoms with Crippen LogP contribution in [0.2, 0.25) is 0 Å². The van der Waals surface area contributed by atoms with Crippen molar-refractivity contribution in [2.24, 2.45) is 0 Å². The highest BCUT2D eigenvalue weighted by atomic mass is 16.6. The Morgan fingerprint density at radius 2 is 0.573 bits per heavy atom. The van der Waals surface area contributed by atoms with E-state index in [9.17, 15) is 39.3 Å². The summed E-state index contributed by atoms with van der Waals surface area (Å²) in [5, 5.41) is 18.5. The summed E-state index contributed by atoms with van der Waals surface area (Å²) in [5.41, 5.74) is 15.3. The zero-order valence-corrected chi connectivity index (χ0v) is 70.8. The fourth-order valence-electron chi connectivity index (χ4n) is 15.1. The van der Waals surface area contributed by atoms with E-state index in [1.165, 1.54) is 0 Å². The Kier molecular flexibility index (Phi) is 30.2. The molecule has 0 radical (unpaired) electrons. The van der Waals surface area contributed by atoms with E-state index in [1.807, 2.05) is 130 Å². The molecule has 0 saturated heterocycles. The average molecular weight is 1660 g/mol. The lowest BCUT2D eigenvalue weighted by Gasteiger charge is -2.12. The number of pyridine rings is 1. The number of nitrogens with zero attached hydrogens (tertiary/aromatic N) is 7. The van der Waals surface area contributed by atoms with E-state index in [2.05, 4.69) is 12.1 Å². The first-order valence-electron chi connectivity index (χ1n) is 42.5. The molecule has 630 valence electrons. The van der Waals surface area contributed by atoms with E-state index < -0.39 is 35.8 Å². The predicted octanol–water partition coefficient (Wildman–Crippen LogP) is 23.1. The Morgan fingerprint density at radius 1 is 0.298 bits per heavy atom. The van der Waals surface area contributed by atoms with Crippen LogP contribution in [0.5, 0.6) is 34.5 Å². The van der Waals surface area contributed by atoms with Crippen molar-refractivity contribution in [1.29, 1.82) is 10.5 Å². The summed E-state index contributed by atoms with van der Waals surface area (Å²) in [6, 6.07) is 69.3. The molecular formula is C103H99N7O14. The molecule has 0 aliphatic heterocycles. The molecule has 10 aromatic carbocycles. The Labute approximate surface area is 722 Å². The number of esters is 6. The Bertz CT molecular complexity index is 5710. The van der Waals surface area contributed by atoms with Gasteiger partial charge in [-0.25, -0.2) is 43.7 Å². The highest BCUT2D eigenvalue weighted by Gasteiger charge is 2.23. The standard InChI is InChI=1S/C103H99N7O14/c1-7-109-94-54-48-84(123-100(113)76-34-30-74(31-35-76)98(111)119-58-23-19-15-11-9-13-17-21-56-117-80-42-38-78(39-43-80)102(115)121-82-46-52-88(70(5)62-82)86-50-28-72(66-104)60-68(86)3)64-92(94)107-96(109)90-26-25-27-91(106-90)97-108-93-65-85(49-55-95(93)110(97)8-2)124-101(114)77-36-32-75(33-37-77)99(112)120-59-24-20-16-12-10-14-18-22-57-118-81-44-40-79(41-45-81)103(116)122-83-47-53-89(71(6)63-83)87-51-29-73(67-105)61-69(87)4/h25-55,60-65H,7-24,56-59H2,1-6H3. The third-order valence-electron chi connectivity index (χ3n) is 21.8. The van der Waals surface area contributed by atoms with Crippen LogP contribution in [0.1, 0.15) is 212 Å². The number of nitriles is 2. The molecule has 21 heteroatoms. The molecule has 0 aliphatic rings. The van der Waals surface area contributed by atoms with E-state index in [-0.39, 0.29) is 11.1 Å². The van der Waals surface area contributed by atoms with Crippen LogP contribution in [0.15, 0.2) is 224 Å². The maximum absolute atomic E-state index is 13.5. The third-order valence-corrected chi connectivity index (χ3v) is 21.8. The number of imidazole rings is 2. The molecule has 0 bridgehead atoms. The normalized spacial score (nSPS) is 11.1. The van der Waals surface area contributed by atoms with Gasteiger partial charge < -0.3 is 47.0 Å². The molecule has 0 fully saturated rings. The van der Waals surface area contributed by atoms with Crippen molar-refractivity contribution in [2.75, 3.05) is 26.4 Å². The molecule has 21 nitrogen and oxygen atoms in total. The predicted molar refractivity (Wildman–Crippen MR) is 476 cm³/mol. The van der Waals surface area contributed by atoms with Crippen molar-refractivity contribution in [3.63, 3.8) is 0 Å². The largest absolute Gasteiger partial charge is 0.494 e. The highest BCUT2D eigenvalue weighted by Crippen LogP contribution is 2.36. The topological polar surface area (TPSA) is 272 Å². The number of aromatic nitrogens is 5. The molecule has 124 heavy (non-hydrogen) atoms. The smallest absolute Gasteiger partial charge is 0.343 e. The SMILES string of the molecule is CCn1c(-c2cccc(-c3nc4cc(OC(=O)c5ccc(C(=O)OCCCCCCCCCCOc6ccc(C(=O)Oc7ccc(-c8ccc(C#N)cc8C)c(C)c7)cc6)cc5)ccc4n3CC)n2)nc2cc(OC(=O)c3ccc(C(=O)OCCCCCCCCCCOc4ccc(C(=O)Oc5ccc(-c6ccc(C#N)cc6C)c(C)c5)cc4)cc3)ccc21. The number of fused-ring (bicyclic) bond motifs is 2. The number of aryl methyl sites for hydroxylation is 6. The van der Waals surface area contributed by atoms with Crippen LogP contribution in [0.4, 0.5) is 0 Å². The zero-order chi connectivity index (χ0) is 86.9. The van der Waals surface area contributed by atoms with Gasteiger partial charge in [0.15, 0.2) is 11.6 Å². The van der Waals surface area contributed by atoms with Gasteiger partial charge in [-0.15, -0.1) is 0 Å². The Morgan fingerprint density at radius 3 is 0.887 bits per heavy atom. The van der Waals surface area contributed by atoms with Crippen molar-refractivity contribution in [1.82, 2.24) is 24.1 Å². The van der Waals surface area contributed by atoms with Crippen molar-refractivity contribution in [3.05, 3.63) is 291 Å². The molecule has 13 aromatic rings. The van der Waals surface area contributed by atoms with E-state index in [4.69, 9.17) is 52.8 Å². The maximum atomic E-state index is 13.5. The summed E-state index contributed by atoms with van der Waals surface area (Å²) in [7, 11) is 0. The first-order chi connectivity index (χ1) is 60.4. The second-order valence-corrected chi connectivity index (χ2v) is 30.7. The van der Waals surface area contributed by atoms with Gasteiger partial charge in [0.2, 0.25) is 0 Å². The van der Waals surface area contributed by atoms with Gasteiger partial charge in [0.1, 0.15) is 45.9 Å². The molecule has 0 aliphatic carbocycles. The van der Waals surface area contributed by atoms with Crippen molar-refractivity contribution >= 4 is 57.9 Å². The second-order valence-electron chi connectivity index (χ2n) is 30.7. The molecule has 0 unspecified atom stereocenters. The lowest BCUT2D eigenvalue weighted by Crippen LogP contribution is -2.10. The first kappa shape index (κ1) is 87.5. The van der Waals surface area contributed by atoms with Crippen LogP contribution in [0.25, 0.3) is 67.4 Å². The number of ether oxygens (including phenoxy) is 8. The number of carbonyl (C=O) groups excluding carboxylic acids is 6. The molecule has 3 heterocycles. The van der Waals surface area contributed by atoms with Gasteiger partial charge in [0.25, 0.3) is 0 Å². The van der Waals surface area contributed by atoms with E-state index in [1.54, 1.807) is 146 Å². The van der Waals surface area contributed by atoms with Crippen LogP contribution < -0.4 is 28.4 Å². The molecule has 0 saturated carbocycles. The number of hydrogen-bond acceptors (Lipinski definition) is 19. The number of rotatable bonds is 40. The minimum absolute atomic E-state index is 0.263. The van der Waals surface area contributed by atoms with Crippen LogP contribution in [0, 0.1) is 50.4 Å². The summed E-state index contributed by atoms with van der Waals surface area (Å²) in [4.78, 5) is 93.9. The lowest BCUT2D eigenvalue weighted by molar-refractivity contribution is 0.0488. The molecular weight excluding hydrogens is 1560 g/mol. The number of unbranched alkanes of at least 4 members (excludes halogenated alkanes) is 14. The van der Waals surface area contributed by atoms with Gasteiger partial charge in [-0.1, -0.05) is 107 Å². The minimum Gasteiger partial charge on any atom is -0.494 e. The quantitative estimate of drug-likeness (QED) is 0.0196. The van der Waals surface area contributed by atoms with Crippen LogP contribution >= 0.6 is 0 Å². The average Bonchev–Trinajstić information content (AvgIpc) is 1.61. The summed E-state index contributed by atoms with van der Waals surface area (Å²) < 4.78 is 50.2. The van der Waals surface area contributed by atoms with Gasteiger partial charge in [0, 0.05) is 25.2 Å². The second kappa shape index (κ2) is 42.8. The Balaban J connectivity index is 0.478. The van der Waals surface area contributed by atoms with Crippen LogP contribution in [-0.4, -0.2) is 86.3 Å². The monoisotopic (exact) mass is 1660 g/mol. The van der Waals surface area contributed by atoms with Crippen molar-refractivity contribution in [3.8, 4) is 91.9 Å². The van der Waals surface area contributed by atoms with Crippen molar-refractivity contribution < 1.29 is 66.7 Å². The lowest BCUT2D eigenvalue weighted by atomic mass is 9.95. The van der Waals surface area contributed by atoms with Gasteiger partial charge in [-0.05, 0) is 294 Å². The summed E-state index contributed by atoms with van der Waals surface area (Å²) in [6.45, 7) is 14.8. The van der Waals surface area contributed by atoms with Gasteiger partial charge in [0.05, 0.1) is 105 Å². The van der Waals surface area contributed by atoms with E-state index >= 15 is 0 Å². The van der Waals surface area contributed by atoms with Crippen LogP contribution in [0.3, 0.4) is 0 Å². The molecule has 3 aromatic heterocycles. The zero-order valence-electron chi connectivity index (χ0n) is 70.8. The van der Waals surface area contributed by atoms with E-state index in [0.29, 0.717) is 141 Å². The van der Waals surface area contributed by atoms with Crippen molar-refractivity contribution in [2.45, 2.75) is 157 Å². The fourth-order valence-corrected chi connectivity index (χ4v) is 15.1. The summed E-state index contributed by atoms with van der Waals surface area (Å²) in [6.07, 6.45) is 15.9. The highest BCUT2D eigenvalue weighted by molar-refractivity contribution is 5.97. The molecule has 0 N–H and O–H groups in total. The van der Waals surface area contributed by atoms with Gasteiger partial charge in [-0.2, -0.15) is 10.5 Å². The first-order valence-corrected chi connectivity index (χ1v) is 42.5. The number of benzene rings is 10. The molecule has 0 amide bonds. The molecule has 0 spiro atoms. The fraction of sp³-hybridized carbons (Fsp3) is 0.272. The number of hydrogen-bond donors (Lipinski definition) is 0. The van der Waals surface area contributed by atoms with E-state index in [0.717, 1.165) is 158 Å². The summed E-state index contributed by atoms with van der Waals surface area (Å²) in [5.74, 6) is 1.08. The minimum atomic E-state index is -0.597. The number of carbonyl (C=O) groups is 6. The summed E-state index contributed by atoms with van der Waals surface area (Å²) >= 11 is 0. The van der Waals surface area contributed by atoms with Gasteiger partial charge in [-0.3, -0.25) is 0 Å². The molecule has 0 atom stereocenters. The van der Waals surface area contributed by atoms with Crippen LogP contribution in [-0.2, 0) is 22.6 Å². The Hall–Kier alpha value is -14.3. The maximum Gasteiger partial charge on any atom is 0.343 e. The third kappa shape index (κ3) is 22.8. The van der Waals surface area contributed by atoms with Gasteiger partial charge >= 0.3 is 35.8 Å². The molecule has 13 rings (SSSR count).